The quantitative estimate of drug-likeness (QED) is 0.135. The zero-order chi connectivity index (χ0) is 35.7. The Morgan fingerprint density at radius 1 is 1.08 bits per heavy atom. The summed E-state index contributed by atoms with van der Waals surface area (Å²) < 4.78 is 55.0. The summed E-state index contributed by atoms with van der Waals surface area (Å²) in [7, 11) is 1.44. The Morgan fingerprint density at radius 2 is 1.82 bits per heavy atom. The highest BCUT2D eigenvalue weighted by Crippen LogP contribution is 2.57. The Balaban J connectivity index is 1.58. The Hall–Kier alpha value is -4.69. The molecule has 1 fully saturated rings. The number of nitrogens with zero attached hydrogens (tertiary/aromatic N) is 2. The standard InChI is InChI=1S/C34H35ClF3N3O8/c1-19(40-49-32(2,3)31(44)45)20-13-22(16-24(14-20)46-4)39-29(25-7-5-21(35)15-28(25)47-12-11-42)30(43)41-18-33(9-10-33)26-8-6-23(17-27(26)41)48-34(36,37)38/h5-8,13-17,29,39,42H,9-12,18H2,1-4H3,(H,44,45)/b40-19+. The van der Waals surface area contributed by atoms with Crippen LogP contribution in [-0.4, -0.2) is 66.6 Å². The molecule has 0 aromatic heterocycles. The number of fused-ring (bicyclic) bond motifs is 2. The summed E-state index contributed by atoms with van der Waals surface area (Å²) >= 11 is 6.28. The highest BCUT2D eigenvalue weighted by atomic mass is 35.5. The molecule has 49 heavy (non-hydrogen) atoms. The number of oxime groups is 1. The van der Waals surface area contributed by atoms with E-state index in [1.165, 1.54) is 44.1 Å². The van der Waals surface area contributed by atoms with Crippen molar-refractivity contribution in [3.63, 3.8) is 0 Å². The molecule has 1 unspecified atom stereocenters. The molecule has 2 aliphatic rings. The molecule has 262 valence electrons. The van der Waals surface area contributed by atoms with Gasteiger partial charge in [-0.25, -0.2) is 4.79 Å². The molecule has 0 saturated heterocycles. The van der Waals surface area contributed by atoms with Crippen LogP contribution in [0.5, 0.6) is 17.2 Å². The van der Waals surface area contributed by atoms with E-state index in [0.717, 1.165) is 18.4 Å². The number of aliphatic carboxylic acids is 1. The number of carbonyl (C=O) groups is 2. The Labute approximate surface area is 285 Å². The normalized spacial score (nSPS) is 15.8. The molecule has 3 aromatic rings. The van der Waals surface area contributed by atoms with Gasteiger partial charge in [-0.1, -0.05) is 28.9 Å². The van der Waals surface area contributed by atoms with Crippen LogP contribution in [0.1, 0.15) is 56.3 Å². The second-order valence-corrected chi connectivity index (χ2v) is 12.7. The zero-order valence-electron chi connectivity index (χ0n) is 27.1. The van der Waals surface area contributed by atoms with Crippen molar-refractivity contribution in [2.45, 2.75) is 57.0 Å². The van der Waals surface area contributed by atoms with Crippen LogP contribution in [0, 0.1) is 0 Å². The molecular weight excluding hydrogens is 671 g/mol. The number of aliphatic hydroxyl groups excluding tert-OH is 1. The molecule has 1 aliphatic carbocycles. The van der Waals surface area contributed by atoms with Crippen molar-refractivity contribution >= 4 is 40.6 Å². The topological polar surface area (TPSA) is 139 Å². The summed E-state index contributed by atoms with van der Waals surface area (Å²) in [6, 6.07) is 12.4. The number of ether oxygens (including phenoxy) is 3. The van der Waals surface area contributed by atoms with Crippen LogP contribution in [0.4, 0.5) is 24.5 Å². The molecular formula is C34H35ClF3N3O8. The number of benzene rings is 3. The van der Waals surface area contributed by atoms with Gasteiger partial charge in [0.25, 0.3) is 5.91 Å². The average Bonchev–Trinajstić information content (AvgIpc) is 3.76. The number of hydrogen-bond donors (Lipinski definition) is 3. The van der Waals surface area contributed by atoms with E-state index in [4.69, 9.17) is 25.9 Å². The number of nitrogens with one attached hydrogen (secondary N) is 1. The number of halogens is 4. The lowest BCUT2D eigenvalue weighted by molar-refractivity contribution is -0.274. The summed E-state index contributed by atoms with van der Waals surface area (Å²) in [6.45, 7) is 4.12. The van der Waals surface area contributed by atoms with Crippen LogP contribution in [-0.2, 0) is 19.8 Å². The molecule has 0 bridgehead atoms. The van der Waals surface area contributed by atoms with Gasteiger partial charge in [0.2, 0.25) is 5.60 Å². The van der Waals surface area contributed by atoms with Gasteiger partial charge in [-0.3, -0.25) is 4.79 Å². The molecule has 1 aliphatic heterocycles. The number of carbonyl (C=O) groups excluding carboxylic acids is 1. The molecule has 1 atom stereocenters. The first-order valence-corrected chi connectivity index (χ1v) is 15.6. The van der Waals surface area contributed by atoms with Crippen molar-refractivity contribution in [2.75, 3.05) is 37.1 Å². The SMILES string of the molecule is COc1cc(NC(C(=O)N2CC3(CC3)c3ccc(OC(F)(F)F)cc32)c2ccc(Cl)cc2OCCO)cc(/C(C)=N/OC(C)(C)C(=O)O)c1. The van der Waals surface area contributed by atoms with Crippen LogP contribution < -0.4 is 24.4 Å². The molecule has 1 amide bonds. The van der Waals surface area contributed by atoms with Gasteiger partial charge in [-0.2, -0.15) is 0 Å². The van der Waals surface area contributed by atoms with E-state index in [0.29, 0.717) is 39.0 Å². The van der Waals surface area contributed by atoms with Crippen LogP contribution in [0.3, 0.4) is 0 Å². The fourth-order valence-electron chi connectivity index (χ4n) is 5.53. The lowest BCUT2D eigenvalue weighted by atomic mass is 9.99. The zero-order valence-corrected chi connectivity index (χ0v) is 27.8. The average molecular weight is 706 g/mol. The van der Waals surface area contributed by atoms with E-state index in [2.05, 4.69) is 15.2 Å². The van der Waals surface area contributed by atoms with Crippen LogP contribution in [0.25, 0.3) is 0 Å². The number of aliphatic hydroxyl groups is 1. The second kappa shape index (κ2) is 13.7. The number of alkyl halides is 3. The van der Waals surface area contributed by atoms with Crippen LogP contribution in [0.15, 0.2) is 59.8 Å². The predicted octanol–water partition coefficient (Wildman–Crippen LogP) is 6.45. The van der Waals surface area contributed by atoms with Gasteiger partial charge in [0.1, 0.15) is 29.9 Å². The number of methoxy groups -OCH3 is 1. The third-order valence-corrected chi connectivity index (χ3v) is 8.56. The molecule has 11 nitrogen and oxygen atoms in total. The van der Waals surface area contributed by atoms with Gasteiger partial charge in [-0.15, -0.1) is 13.2 Å². The number of carboxylic acid groups (broad SMARTS) is 1. The van der Waals surface area contributed by atoms with Gasteiger partial charge in [0.05, 0.1) is 25.1 Å². The summed E-state index contributed by atoms with van der Waals surface area (Å²) in [5.74, 6) is -1.61. The monoisotopic (exact) mass is 705 g/mol. The highest BCUT2D eigenvalue weighted by molar-refractivity contribution is 6.30. The number of amides is 1. The lowest BCUT2D eigenvalue weighted by Crippen LogP contribution is -2.38. The Morgan fingerprint density at radius 3 is 2.45 bits per heavy atom. The van der Waals surface area contributed by atoms with E-state index in [1.54, 1.807) is 43.3 Å². The second-order valence-electron chi connectivity index (χ2n) is 12.3. The van der Waals surface area contributed by atoms with E-state index in [1.807, 2.05) is 0 Å². The number of anilines is 2. The minimum Gasteiger partial charge on any atom is -0.497 e. The molecule has 3 N–H and O–H groups in total. The van der Waals surface area contributed by atoms with Crippen molar-refractivity contribution < 1.29 is 52.0 Å². The van der Waals surface area contributed by atoms with Crippen molar-refractivity contribution in [2.24, 2.45) is 5.16 Å². The van der Waals surface area contributed by atoms with E-state index < -0.39 is 35.6 Å². The van der Waals surface area contributed by atoms with Crippen LogP contribution in [0.2, 0.25) is 5.02 Å². The van der Waals surface area contributed by atoms with Crippen molar-refractivity contribution in [3.05, 3.63) is 76.3 Å². The third kappa shape index (κ3) is 7.97. The minimum atomic E-state index is -4.93. The maximum Gasteiger partial charge on any atom is 0.573 e. The molecule has 1 saturated carbocycles. The third-order valence-electron chi connectivity index (χ3n) is 8.32. The first-order chi connectivity index (χ1) is 23.1. The maximum atomic E-state index is 14.7. The predicted molar refractivity (Wildman–Crippen MR) is 175 cm³/mol. The van der Waals surface area contributed by atoms with Gasteiger partial charge in [-0.05, 0) is 69.5 Å². The van der Waals surface area contributed by atoms with Crippen LogP contribution >= 0.6 is 11.6 Å². The first kappa shape index (κ1) is 35.6. The maximum absolute atomic E-state index is 14.7. The van der Waals surface area contributed by atoms with Gasteiger partial charge >= 0.3 is 12.3 Å². The summed E-state index contributed by atoms with van der Waals surface area (Å²) in [4.78, 5) is 33.0. The minimum absolute atomic E-state index is 0.103. The number of rotatable bonds is 13. The van der Waals surface area contributed by atoms with Crippen molar-refractivity contribution in [3.8, 4) is 17.2 Å². The molecule has 15 heteroatoms. The molecule has 0 radical (unpaired) electrons. The van der Waals surface area contributed by atoms with E-state index >= 15 is 0 Å². The first-order valence-electron chi connectivity index (χ1n) is 15.2. The summed E-state index contributed by atoms with van der Waals surface area (Å²) in [5.41, 5.74) is 0.551. The highest BCUT2D eigenvalue weighted by Gasteiger charge is 2.54. The molecule has 1 heterocycles. The largest absolute Gasteiger partial charge is 0.573 e. The summed E-state index contributed by atoms with van der Waals surface area (Å²) in [5, 5.41) is 26.4. The Kier molecular flexibility index (Phi) is 9.94. The van der Waals surface area contributed by atoms with Gasteiger partial charge in [0, 0.05) is 45.9 Å². The fraction of sp³-hybridized carbons (Fsp3) is 0.382. The van der Waals surface area contributed by atoms with Gasteiger partial charge in [0.15, 0.2) is 0 Å². The summed E-state index contributed by atoms with van der Waals surface area (Å²) in [6.07, 6.45) is -3.41. The molecule has 1 spiro atoms. The lowest BCUT2D eigenvalue weighted by Gasteiger charge is -2.28. The molecule has 5 rings (SSSR count). The number of carboxylic acids is 1. The van der Waals surface area contributed by atoms with E-state index in [9.17, 15) is 33.0 Å². The molecule has 3 aromatic carbocycles. The van der Waals surface area contributed by atoms with E-state index in [-0.39, 0.29) is 30.9 Å². The Bertz CT molecular complexity index is 1780. The van der Waals surface area contributed by atoms with Crippen molar-refractivity contribution in [1.82, 2.24) is 0 Å². The fourth-order valence-corrected chi connectivity index (χ4v) is 5.70. The van der Waals surface area contributed by atoms with Crippen molar-refractivity contribution in [1.29, 1.82) is 0 Å². The smallest absolute Gasteiger partial charge is 0.497 e. The number of hydrogen-bond acceptors (Lipinski definition) is 9. The van der Waals surface area contributed by atoms with Gasteiger partial charge < -0.3 is 39.5 Å².